The molecule has 4 rings (SSSR count). The molecule has 3 N–H and O–H groups in total. The van der Waals surface area contributed by atoms with Gasteiger partial charge in [-0.3, -0.25) is 4.79 Å². The summed E-state index contributed by atoms with van der Waals surface area (Å²) in [5.74, 6) is 2.40. The molecule has 8 heteroatoms. The summed E-state index contributed by atoms with van der Waals surface area (Å²) in [6, 6.07) is 24.0. The number of nitrogens with zero attached hydrogens (tertiary/aromatic N) is 3. The molecule has 0 aliphatic heterocycles. The van der Waals surface area contributed by atoms with Crippen molar-refractivity contribution < 1.29 is 14.3 Å². The van der Waals surface area contributed by atoms with Gasteiger partial charge in [0, 0.05) is 18.3 Å². The third-order valence-corrected chi connectivity index (χ3v) is 5.04. The molecule has 0 unspecified atom stereocenters. The lowest BCUT2D eigenvalue weighted by atomic mass is 10.1. The summed E-state index contributed by atoms with van der Waals surface area (Å²) in [6.07, 6.45) is 4.67. The number of hydrogen-bond acceptors (Lipinski definition) is 7. The van der Waals surface area contributed by atoms with E-state index >= 15 is 0 Å². The fourth-order valence-corrected chi connectivity index (χ4v) is 3.32. The molecule has 0 saturated carbocycles. The van der Waals surface area contributed by atoms with Gasteiger partial charge >= 0.3 is 0 Å². The normalized spacial score (nSPS) is 11.0. The Kier molecular flexibility index (Phi) is 7.90. The number of anilines is 2. The van der Waals surface area contributed by atoms with Crippen LogP contribution in [0.5, 0.6) is 23.1 Å². The minimum Gasteiger partial charge on any atom is -0.457 e. The van der Waals surface area contributed by atoms with Gasteiger partial charge in [0.05, 0.1) is 5.56 Å². The summed E-state index contributed by atoms with van der Waals surface area (Å²) in [5, 5.41) is 2.82. The number of hydrogen-bond donors (Lipinski definition) is 2. The van der Waals surface area contributed by atoms with Gasteiger partial charge < -0.3 is 25.4 Å². The van der Waals surface area contributed by atoms with Gasteiger partial charge in [0.2, 0.25) is 11.8 Å². The predicted molar refractivity (Wildman–Crippen MR) is 141 cm³/mol. The van der Waals surface area contributed by atoms with Crippen molar-refractivity contribution in [3.05, 3.63) is 97.3 Å². The summed E-state index contributed by atoms with van der Waals surface area (Å²) < 4.78 is 11.9. The van der Waals surface area contributed by atoms with Gasteiger partial charge in [-0.1, -0.05) is 36.4 Å². The van der Waals surface area contributed by atoms with E-state index in [9.17, 15) is 4.79 Å². The number of ether oxygens (including phenoxy) is 2. The van der Waals surface area contributed by atoms with E-state index in [1.165, 1.54) is 12.4 Å². The Balaban J connectivity index is 1.46. The number of benzene rings is 3. The van der Waals surface area contributed by atoms with Gasteiger partial charge in [-0.25, -0.2) is 9.97 Å². The molecule has 182 valence electrons. The average Bonchev–Trinajstić information content (AvgIpc) is 2.86. The molecule has 0 aliphatic rings. The Labute approximate surface area is 210 Å². The maximum Gasteiger partial charge on any atom is 0.248 e. The van der Waals surface area contributed by atoms with Gasteiger partial charge in [-0.2, -0.15) is 0 Å². The van der Waals surface area contributed by atoms with Gasteiger partial charge in [0.15, 0.2) is 0 Å². The number of likely N-dealkylation sites (N-methyl/N-ethyl adjacent to an activating group) is 1. The van der Waals surface area contributed by atoms with E-state index in [0.29, 0.717) is 41.0 Å². The van der Waals surface area contributed by atoms with Crippen molar-refractivity contribution in [1.82, 2.24) is 14.9 Å². The first kappa shape index (κ1) is 24.4. The van der Waals surface area contributed by atoms with Crippen molar-refractivity contribution in [3.8, 4) is 34.3 Å². The second-order valence-electron chi connectivity index (χ2n) is 8.16. The van der Waals surface area contributed by atoms with Crippen molar-refractivity contribution in [2.24, 2.45) is 0 Å². The molecule has 0 radical (unpaired) electrons. The fourth-order valence-electron chi connectivity index (χ4n) is 3.32. The van der Waals surface area contributed by atoms with E-state index in [1.807, 2.05) is 73.6 Å². The minimum absolute atomic E-state index is 0.198. The maximum atomic E-state index is 12.0. The average molecular weight is 482 g/mol. The summed E-state index contributed by atoms with van der Waals surface area (Å²) in [6.45, 7) is 0.688. The molecule has 4 aromatic rings. The highest BCUT2D eigenvalue weighted by atomic mass is 16.5. The molecule has 1 amide bonds. The van der Waals surface area contributed by atoms with Crippen LogP contribution in [0, 0.1) is 0 Å². The number of nitrogens with one attached hydrogen (secondary N) is 1. The summed E-state index contributed by atoms with van der Waals surface area (Å²) in [7, 11) is 3.88. The van der Waals surface area contributed by atoms with Crippen LogP contribution >= 0.6 is 0 Å². The van der Waals surface area contributed by atoms with Crippen LogP contribution in [0.1, 0.15) is 0 Å². The number of nitrogen functional groups attached to an aromatic ring is 1. The highest BCUT2D eigenvalue weighted by Gasteiger charge is 2.14. The third-order valence-electron chi connectivity index (χ3n) is 5.04. The molecule has 3 aromatic carbocycles. The quantitative estimate of drug-likeness (QED) is 0.310. The molecular weight excluding hydrogens is 454 g/mol. The SMILES string of the molecule is CN(C)CC=CC(=O)Nc1ccc(Oc2ncnc(N)c2-c2ccc(Oc3ccccc3)cc2)cc1. The van der Waals surface area contributed by atoms with Crippen LogP contribution in [0.25, 0.3) is 11.1 Å². The largest absolute Gasteiger partial charge is 0.457 e. The molecule has 0 aliphatic carbocycles. The summed E-state index contributed by atoms with van der Waals surface area (Å²) in [5.41, 5.74) is 8.20. The number of aromatic nitrogens is 2. The fraction of sp³-hybridized carbons (Fsp3) is 0.107. The van der Waals surface area contributed by atoms with E-state index in [-0.39, 0.29) is 5.91 Å². The summed E-state index contributed by atoms with van der Waals surface area (Å²) in [4.78, 5) is 22.4. The Bertz CT molecular complexity index is 1320. The zero-order valence-corrected chi connectivity index (χ0v) is 20.1. The van der Waals surface area contributed by atoms with Crippen LogP contribution in [0.15, 0.2) is 97.3 Å². The Morgan fingerprint density at radius 2 is 1.53 bits per heavy atom. The first-order chi connectivity index (χ1) is 17.5. The Hall–Kier alpha value is -4.69. The van der Waals surface area contributed by atoms with Gasteiger partial charge in [0.1, 0.15) is 29.4 Å². The van der Waals surface area contributed by atoms with Crippen LogP contribution < -0.4 is 20.5 Å². The highest BCUT2D eigenvalue weighted by molar-refractivity contribution is 5.99. The van der Waals surface area contributed by atoms with Crippen molar-refractivity contribution in [2.75, 3.05) is 31.7 Å². The second kappa shape index (κ2) is 11.6. The number of rotatable bonds is 9. The van der Waals surface area contributed by atoms with Crippen LogP contribution in [-0.4, -0.2) is 41.4 Å². The second-order valence-corrected chi connectivity index (χ2v) is 8.16. The smallest absolute Gasteiger partial charge is 0.248 e. The molecule has 0 fully saturated rings. The van der Waals surface area contributed by atoms with Crippen LogP contribution in [-0.2, 0) is 4.79 Å². The zero-order valence-electron chi connectivity index (χ0n) is 20.1. The number of amides is 1. The van der Waals surface area contributed by atoms with E-state index in [2.05, 4.69) is 15.3 Å². The number of carbonyl (C=O) groups excluding carboxylic acids is 1. The number of carbonyl (C=O) groups is 1. The first-order valence-corrected chi connectivity index (χ1v) is 11.3. The van der Waals surface area contributed by atoms with E-state index in [4.69, 9.17) is 15.2 Å². The van der Waals surface area contributed by atoms with Crippen molar-refractivity contribution in [1.29, 1.82) is 0 Å². The van der Waals surface area contributed by atoms with Crippen molar-refractivity contribution in [3.63, 3.8) is 0 Å². The van der Waals surface area contributed by atoms with E-state index in [1.54, 1.807) is 30.3 Å². The van der Waals surface area contributed by atoms with Crippen molar-refractivity contribution >= 4 is 17.4 Å². The number of para-hydroxylation sites is 1. The van der Waals surface area contributed by atoms with Gasteiger partial charge in [-0.15, -0.1) is 0 Å². The van der Waals surface area contributed by atoms with E-state index in [0.717, 1.165) is 11.3 Å². The topological polar surface area (TPSA) is 103 Å². The van der Waals surface area contributed by atoms with Crippen LogP contribution in [0.2, 0.25) is 0 Å². The lowest BCUT2D eigenvalue weighted by molar-refractivity contribution is -0.111. The lowest BCUT2D eigenvalue weighted by Gasteiger charge is -2.13. The van der Waals surface area contributed by atoms with Crippen LogP contribution in [0.3, 0.4) is 0 Å². The van der Waals surface area contributed by atoms with E-state index < -0.39 is 0 Å². The van der Waals surface area contributed by atoms with Gasteiger partial charge in [-0.05, 0) is 68.2 Å². The molecule has 0 spiro atoms. The molecule has 1 aromatic heterocycles. The molecular formula is C28H27N5O3. The standard InChI is InChI=1S/C28H27N5O3/c1-33(2)18-6-9-25(34)32-21-12-16-24(17-13-21)36-28-26(27(29)30-19-31-28)20-10-14-23(15-11-20)35-22-7-4-3-5-8-22/h3-17,19H,18H2,1-2H3,(H,32,34)(H2,29,30,31). The molecule has 0 bridgehead atoms. The summed E-state index contributed by atoms with van der Waals surface area (Å²) >= 11 is 0. The monoisotopic (exact) mass is 481 g/mol. The number of nitrogens with two attached hydrogens (primary N) is 1. The third kappa shape index (κ3) is 6.68. The zero-order chi connectivity index (χ0) is 25.3. The molecule has 0 atom stereocenters. The first-order valence-electron chi connectivity index (χ1n) is 11.3. The molecule has 0 saturated heterocycles. The van der Waals surface area contributed by atoms with Crippen LogP contribution in [0.4, 0.5) is 11.5 Å². The Morgan fingerprint density at radius 3 is 2.22 bits per heavy atom. The minimum atomic E-state index is -0.198. The molecule has 1 heterocycles. The predicted octanol–water partition coefficient (Wildman–Crippen LogP) is 5.37. The maximum absolute atomic E-state index is 12.0. The molecule has 36 heavy (non-hydrogen) atoms. The Morgan fingerprint density at radius 1 is 0.889 bits per heavy atom. The molecule has 8 nitrogen and oxygen atoms in total. The van der Waals surface area contributed by atoms with Gasteiger partial charge in [0.25, 0.3) is 0 Å². The highest BCUT2D eigenvalue weighted by Crippen LogP contribution is 2.36. The lowest BCUT2D eigenvalue weighted by Crippen LogP contribution is -2.12. The van der Waals surface area contributed by atoms with Crippen molar-refractivity contribution in [2.45, 2.75) is 0 Å².